The van der Waals surface area contributed by atoms with Crippen LogP contribution in [0.5, 0.6) is 5.75 Å². The molecular weight excluding hydrogens is 260 g/mol. The lowest BCUT2D eigenvalue weighted by atomic mass is 10.2. The minimum Gasteiger partial charge on any atom is -0.494 e. The van der Waals surface area contributed by atoms with Gasteiger partial charge in [0.15, 0.2) is 0 Å². The summed E-state index contributed by atoms with van der Waals surface area (Å²) in [4.78, 5) is 2.40. The van der Waals surface area contributed by atoms with Crippen molar-refractivity contribution in [3.05, 3.63) is 29.8 Å². The molecule has 0 atom stereocenters. The van der Waals surface area contributed by atoms with Gasteiger partial charge in [-0.1, -0.05) is 19.1 Å². The van der Waals surface area contributed by atoms with Crippen LogP contribution < -0.4 is 10.1 Å². The Morgan fingerprint density at radius 3 is 2.48 bits per heavy atom. The Morgan fingerprint density at radius 2 is 1.86 bits per heavy atom. The highest BCUT2D eigenvalue weighted by Crippen LogP contribution is 2.12. The predicted molar refractivity (Wildman–Crippen MR) is 90.9 cm³/mol. The Morgan fingerprint density at radius 1 is 1.14 bits per heavy atom. The molecule has 1 N–H and O–H groups in total. The average molecular weight is 292 g/mol. The fourth-order valence-corrected chi connectivity index (χ4v) is 2.03. The summed E-state index contributed by atoms with van der Waals surface area (Å²) >= 11 is 0. The molecule has 1 rings (SSSR count). The van der Waals surface area contributed by atoms with Crippen LogP contribution in [0.3, 0.4) is 0 Å². The number of nitrogens with one attached hydrogen (secondary N) is 1. The molecule has 120 valence electrons. The highest BCUT2D eigenvalue weighted by Gasteiger charge is 2.01. The van der Waals surface area contributed by atoms with Gasteiger partial charge in [0.05, 0.1) is 6.61 Å². The molecule has 3 nitrogen and oxygen atoms in total. The highest BCUT2D eigenvalue weighted by molar-refractivity contribution is 5.27. The van der Waals surface area contributed by atoms with E-state index in [9.17, 15) is 0 Å². The molecule has 0 aliphatic heterocycles. The second kappa shape index (κ2) is 10.6. The van der Waals surface area contributed by atoms with Crippen molar-refractivity contribution < 1.29 is 4.74 Å². The van der Waals surface area contributed by atoms with Gasteiger partial charge in [0.2, 0.25) is 0 Å². The fraction of sp³-hybridized carbons (Fsp3) is 0.667. The Bertz CT molecular complexity index is 362. The molecule has 21 heavy (non-hydrogen) atoms. The Hall–Kier alpha value is -1.06. The van der Waals surface area contributed by atoms with Crippen LogP contribution in [0.15, 0.2) is 24.3 Å². The molecule has 0 unspecified atom stereocenters. The summed E-state index contributed by atoms with van der Waals surface area (Å²) in [6.07, 6.45) is 3.54. The smallest absolute Gasteiger partial charge is 0.119 e. The molecule has 0 radical (unpaired) electrons. The molecule has 0 amide bonds. The molecule has 1 aromatic rings. The minimum absolute atomic E-state index is 0.645. The Labute approximate surface area is 130 Å². The van der Waals surface area contributed by atoms with Crippen LogP contribution in [0.25, 0.3) is 0 Å². The van der Waals surface area contributed by atoms with E-state index in [0.717, 1.165) is 31.9 Å². The monoisotopic (exact) mass is 292 g/mol. The first-order chi connectivity index (χ1) is 10.1. The van der Waals surface area contributed by atoms with Gasteiger partial charge in [-0.3, -0.25) is 0 Å². The van der Waals surface area contributed by atoms with E-state index in [1.165, 1.54) is 24.9 Å². The van der Waals surface area contributed by atoms with E-state index in [1.807, 2.05) is 0 Å². The van der Waals surface area contributed by atoms with E-state index in [2.05, 4.69) is 62.3 Å². The molecule has 0 spiro atoms. The van der Waals surface area contributed by atoms with Crippen molar-refractivity contribution in [3.8, 4) is 5.75 Å². The first-order valence-corrected chi connectivity index (χ1v) is 8.26. The number of rotatable bonds is 11. The molecule has 0 saturated heterocycles. The highest BCUT2D eigenvalue weighted by atomic mass is 16.5. The second-order valence-electron chi connectivity index (χ2n) is 5.95. The van der Waals surface area contributed by atoms with Gasteiger partial charge in [0, 0.05) is 12.6 Å². The Balaban J connectivity index is 2.10. The van der Waals surface area contributed by atoms with Crippen molar-refractivity contribution in [2.45, 2.75) is 52.6 Å². The third kappa shape index (κ3) is 8.08. The van der Waals surface area contributed by atoms with E-state index in [0.29, 0.717) is 6.04 Å². The lowest BCUT2D eigenvalue weighted by molar-refractivity contribution is 0.268. The number of nitrogens with zero attached hydrogens (tertiary/aromatic N) is 1. The third-order valence-corrected chi connectivity index (χ3v) is 3.72. The largest absolute Gasteiger partial charge is 0.494 e. The van der Waals surface area contributed by atoms with Crippen molar-refractivity contribution in [2.24, 2.45) is 0 Å². The molecule has 1 aromatic carbocycles. The molecule has 0 fully saturated rings. The van der Waals surface area contributed by atoms with Crippen LogP contribution in [-0.4, -0.2) is 37.7 Å². The number of benzene rings is 1. The van der Waals surface area contributed by atoms with Gasteiger partial charge in [-0.2, -0.15) is 0 Å². The van der Waals surface area contributed by atoms with Gasteiger partial charge < -0.3 is 15.0 Å². The van der Waals surface area contributed by atoms with Gasteiger partial charge in [0.25, 0.3) is 0 Å². The number of hydrogen-bond acceptors (Lipinski definition) is 3. The van der Waals surface area contributed by atoms with E-state index in [1.54, 1.807) is 0 Å². The molecule has 3 heteroatoms. The third-order valence-electron chi connectivity index (χ3n) is 3.72. The molecule has 0 aromatic heterocycles. The van der Waals surface area contributed by atoms with E-state index < -0.39 is 0 Å². The first kappa shape index (κ1) is 18.0. The fourth-order valence-electron chi connectivity index (χ4n) is 2.03. The average Bonchev–Trinajstić information content (AvgIpc) is 2.49. The second-order valence-corrected chi connectivity index (χ2v) is 5.95. The molecule has 0 bridgehead atoms. The lowest BCUT2D eigenvalue weighted by Crippen LogP contribution is -2.27. The normalized spacial score (nSPS) is 11.3. The number of hydrogen-bond donors (Lipinski definition) is 1. The van der Waals surface area contributed by atoms with Crippen molar-refractivity contribution >= 4 is 0 Å². The van der Waals surface area contributed by atoms with Crippen LogP contribution in [0.2, 0.25) is 0 Å². The number of ether oxygens (including phenoxy) is 1. The summed E-state index contributed by atoms with van der Waals surface area (Å²) in [6, 6.07) is 9.05. The van der Waals surface area contributed by atoms with E-state index in [4.69, 9.17) is 4.74 Å². The summed E-state index contributed by atoms with van der Waals surface area (Å²) < 4.78 is 5.58. The van der Waals surface area contributed by atoms with Gasteiger partial charge in [0.1, 0.15) is 5.75 Å². The van der Waals surface area contributed by atoms with Gasteiger partial charge in [-0.05, 0) is 70.9 Å². The van der Waals surface area contributed by atoms with Crippen LogP contribution in [-0.2, 0) is 6.54 Å². The molecule has 0 saturated carbocycles. The summed E-state index contributed by atoms with van der Waals surface area (Å²) in [7, 11) is 2.19. The van der Waals surface area contributed by atoms with Crippen LogP contribution in [0.4, 0.5) is 0 Å². The summed E-state index contributed by atoms with van der Waals surface area (Å²) in [6.45, 7) is 10.6. The van der Waals surface area contributed by atoms with Crippen molar-refractivity contribution in [1.29, 1.82) is 0 Å². The Kier molecular flexibility index (Phi) is 9.11. The van der Waals surface area contributed by atoms with Crippen LogP contribution in [0.1, 0.15) is 45.6 Å². The number of unbranched alkanes of at least 4 members (excludes halogenated alkanes) is 1. The summed E-state index contributed by atoms with van der Waals surface area (Å²) in [5.74, 6) is 0.970. The zero-order valence-electron chi connectivity index (χ0n) is 14.2. The van der Waals surface area contributed by atoms with Crippen LogP contribution in [0, 0.1) is 0 Å². The zero-order valence-corrected chi connectivity index (χ0v) is 14.2. The van der Waals surface area contributed by atoms with Gasteiger partial charge in [-0.15, -0.1) is 0 Å². The van der Waals surface area contributed by atoms with Gasteiger partial charge in [-0.25, -0.2) is 0 Å². The summed E-state index contributed by atoms with van der Waals surface area (Å²) in [5.41, 5.74) is 1.32. The summed E-state index contributed by atoms with van der Waals surface area (Å²) in [5, 5.41) is 3.51. The molecule has 0 aliphatic rings. The molecular formula is C18H32N2O. The molecule has 0 heterocycles. The first-order valence-electron chi connectivity index (χ1n) is 8.26. The quantitative estimate of drug-likeness (QED) is 0.630. The SMILES string of the molecule is CCCOc1ccc(CNCCCCN(C)C(C)C)cc1. The van der Waals surface area contributed by atoms with Crippen molar-refractivity contribution in [2.75, 3.05) is 26.7 Å². The maximum Gasteiger partial charge on any atom is 0.119 e. The van der Waals surface area contributed by atoms with Crippen molar-refractivity contribution in [3.63, 3.8) is 0 Å². The lowest BCUT2D eigenvalue weighted by Gasteiger charge is -2.20. The van der Waals surface area contributed by atoms with Crippen molar-refractivity contribution in [1.82, 2.24) is 10.2 Å². The maximum absolute atomic E-state index is 5.58. The van der Waals surface area contributed by atoms with Gasteiger partial charge >= 0.3 is 0 Å². The topological polar surface area (TPSA) is 24.5 Å². The van der Waals surface area contributed by atoms with Crippen LogP contribution >= 0.6 is 0 Å². The predicted octanol–water partition coefficient (Wildman–Crippen LogP) is 3.69. The zero-order chi connectivity index (χ0) is 15.5. The maximum atomic E-state index is 5.58. The minimum atomic E-state index is 0.645. The van der Waals surface area contributed by atoms with E-state index >= 15 is 0 Å². The van der Waals surface area contributed by atoms with E-state index in [-0.39, 0.29) is 0 Å². The standard InChI is InChI=1S/C18H32N2O/c1-5-14-21-18-10-8-17(9-11-18)15-19-12-6-7-13-20(4)16(2)3/h8-11,16,19H,5-7,12-15H2,1-4H3. The molecule has 0 aliphatic carbocycles.